The Kier molecular flexibility index (Phi) is 3.91. The Hall–Kier alpha value is -1.92. The van der Waals surface area contributed by atoms with Gasteiger partial charge < -0.3 is 10.7 Å². The van der Waals surface area contributed by atoms with Gasteiger partial charge in [-0.1, -0.05) is 0 Å². The van der Waals surface area contributed by atoms with Crippen molar-refractivity contribution in [2.24, 2.45) is 5.84 Å². The molecule has 0 bridgehead atoms. The summed E-state index contributed by atoms with van der Waals surface area (Å²) in [5.74, 6) is 5.58. The summed E-state index contributed by atoms with van der Waals surface area (Å²) in [6.07, 6.45) is 1.54. The molecule has 0 saturated carbocycles. The molecule has 94 valence electrons. The molecule has 2 heterocycles. The maximum atomic E-state index is 11.9. The second kappa shape index (κ2) is 5.61. The molecule has 0 atom stereocenters. The zero-order chi connectivity index (χ0) is 13.0. The van der Waals surface area contributed by atoms with E-state index in [0.717, 1.165) is 4.88 Å². The highest BCUT2D eigenvalue weighted by molar-refractivity contribution is 7.10. The Balaban J connectivity index is 2.01. The highest BCUT2D eigenvalue weighted by atomic mass is 32.1. The number of carbonyl (C=O) groups is 1. The van der Waals surface area contributed by atoms with Crippen molar-refractivity contribution in [1.29, 1.82) is 0 Å². The summed E-state index contributed by atoms with van der Waals surface area (Å²) in [5, 5.41) is 4.88. The monoisotopic (exact) mass is 262 g/mol. The van der Waals surface area contributed by atoms with Gasteiger partial charge in [0.1, 0.15) is 5.82 Å². The number of rotatable bonds is 4. The van der Waals surface area contributed by atoms with Crippen LogP contribution in [0.1, 0.15) is 20.8 Å². The first-order valence-corrected chi connectivity index (χ1v) is 6.32. The quantitative estimate of drug-likeness (QED) is 0.578. The van der Waals surface area contributed by atoms with Crippen LogP contribution in [0.25, 0.3) is 0 Å². The fourth-order valence-corrected chi connectivity index (χ4v) is 2.34. The number of hydrazine groups is 1. The van der Waals surface area contributed by atoms with Crippen molar-refractivity contribution in [3.8, 4) is 0 Å². The Morgan fingerprint density at radius 2 is 2.33 bits per heavy atom. The second-order valence-corrected chi connectivity index (χ2v) is 4.78. The highest BCUT2D eigenvalue weighted by Crippen LogP contribution is 2.15. The van der Waals surface area contributed by atoms with Gasteiger partial charge in [-0.05, 0) is 36.1 Å². The molecule has 2 aromatic rings. The molecule has 0 radical (unpaired) electrons. The topological polar surface area (TPSA) is 80.0 Å². The van der Waals surface area contributed by atoms with Gasteiger partial charge in [-0.25, -0.2) is 10.8 Å². The number of aryl methyl sites for hydroxylation is 1. The summed E-state index contributed by atoms with van der Waals surface area (Å²) in [6.45, 7) is 2.57. The van der Waals surface area contributed by atoms with Gasteiger partial charge in [0.05, 0.1) is 6.54 Å². The number of amides is 1. The summed E-state index contributed by atoms with van der Waals surface area (Å²) in [5.41, 5.74) is 4.14. The van der Waals surface area contributed by atoms with E-state index in [4.69, 9.17) is 5.84 Å². The van der Waals surface area contributed by atoms with Crippen molar-refractivity contribution in [3.63, 3.8) is 0 Å². The highest BCUT2D eigenvalue weighted by Gasteiger charge is 2.07. The fraction of sp³-hybridized carbons (Fsp3) is 0.167. The minimum atomic E-state index is -0.137. The minimum absolute atomic E-state index is 0.137. The molecule has 0 unspecified atom stereocenters. The molecule has 0 aromatic carbocycles. The molecule has 5 nitrogen and oxygen atoms in total. The first-order valence-electron chi connectivity index (χ1n) is 5.44. The van der Waals surface area contributed by atoms with Crippen LogP contribution in [0.4, 0.5) is 5.82 Å². The number of hydrogen-bond acceptors (Lipinski definition) is 5. The van der Waals surface area contributed by atoms with Gasteiger partial charge >= 0.3 is 0 Å². The molecular weight excluding hydrogens is 248 g/mol. The van der Waals surface area contributed by atoms with Crippen molar-refractivity contribution in [1.82, 2.24) is 10.3 Å². The van der Waals surface area contributed by atoms with Gasteiger partial charge in [0.25, 0.3) is 5.91 Å². The SMILES string of the molecule is Cc1ccsc1CNC(=O)c1ccnc(NN)c1. The van der Waals surface area contributed by atoms with Crippen LogP contribution in [-0.2, 0) is 6.54 Å². The van der Waals surface area contributed by atoms with E-state index in [1.54, 1.807) is 29.7 Å². The lowest BCUT2D eigenvalue weighted by Gasteiger charge is -2.06. The van der Waals surface area contributed by atoms with Crippen molar-refractivity contribution < 1.29 is 4.79 Å². The van der Waals surface area contributed by atoms with Crippen LogP contribution in [0.15, 0.2) is 29.8 Å². The smallest absolute Gasteiger partial charge is 0.251 e. The summed E-state index contributed by atoms with van der Waals surface area (Å²) in [7, 11) is 0. The maximum absolute atomic E-state index is 11.9. The van der Waals surface area contributed by atoms with Crippen molar-refractivity contribution in [2.45, 2.75) is 13.5 Å². The molecule has 4 N–H and O–H groups in total. The van der Waals surface area contributed by atoms with Gasteiger partial charge in [-0.2, -0.15) is 0 Å². The Morgan fingerprint density at radius 3 is 3.00 bits per heavy atom. The van der Waals surface area contributed by atoms with Crippen LogP contribution in [0.5, 0.6) is 0 Å². The van der Waals surface area contributed by atoms with Crippen molar-refractivity contribution in [3.05, 3.63) is 45.8 Å². The van der Waals surface area contributed by atoms with E-state index in [1.807, 2.05) is 18.4 Å². The van der Waals surface area contributed by atoms with E-state index in [1.165, 1.54) is 5.56 Å². The maximum Gasteiger partial charge on any atom is 0.251 e. The number of nitrogen functional groups attached to an aromatic ring is 1. The van der Waals surface area contributed by atoms with E-state index in [2.05, 4.69) is 15.7 Å². The molecule has 0 aliphatic rings. The lowest BCUT2D eigenvalue weighted by molar-refractivity contribution is 0.0951. The largest absolute Gasteiger partial charge is 0.347 e. The summed E-state index contributed by atoms with van der Waals surface area (Å²) < 4.78 is 0. The number of hydrogen-bond donors (Lipinski definition) is 3. The van der Waals surface area contributed by atoms with Crippen molar-refractivity contribution in [2.75, 3.05) is 5.43 Å². The Morgan fingerprint density at radius 1 is 1.50 bits per heavy atom. The third-order valence-electron chi connectivity index (χ3n) is 2.55. The standard InChI is InChI=1S/C12H14N4OS/c1-8-3-5-18-10(8)7-15-12(17)9-2-4-14-11(6-9)16-13/h2-6H,7,13H2,1H3,(H,14,16)(H,15,17). The third kappa shape index (κ3) is 2.85. The first-order chi connectivity index (χ1) is 8.70. The molecule has 0 saturated heterocycles. The van der Waals surface area contributed by atoms with E-state index >= 15 is 0 Å². The van der Waals surface area contributed by atoms with Crippen LogP contribution in [0.3, 0.4) is 0 Å². The number of aromatic nitrogens is 1. The van der Waals surface area contributed by atoms with E-state index in [-0.39, 0.29) is 5.91 Å². The van der Waals surface area contributed by atoms with Gasteiger partial charge in [0, 0.05) is 16.6 Å². The normalized spacial score (nSPS) is 10.1. The average molecular weight is 262 g/mol. The lowest BCUT2D eigenvalue weighted by Crippen LogP contribution is -2.23. The van der Waals surface area contributed by atoms with E-state index < -0.39 is 0 Å². The molecule has 0 aliphatic heterocycles. The van der Waals surface area contributed by atoms with Gasteiger partial charge in [-0.15, -0.1) is 11.3 Å². The number of nitrogens with two attached hydrogens (primary N) is 1. The predicted octanol–water partition coefficient (Wildman–Crippen LogP) is 1.67. The average Bonchev–Trinajstić information content (AvgIpc) is 2.81. The molecule has 0 fully saturated rings. The number of pyridine rings is 1. The Bertz CT molecular complexity index is 553. The van der Waals surface area contributed by atoms with E-state index in [9.17, 15) is 4.79 Å². The van der Waals surface area contributed by atoms with E-state index in [0.29, 0.717) is 17.9 Å². The summed E-state index contributed by atoms with van der Waals surface area (Å²) in [4.78, 5) is 17.0. The third-order valence-corrected chi connectivity index (χ3v) is 3.57. The van der Waals surface area contributed by atoms with Crippen LogP contribution in [0, 0.1) is 6.92 Å². The number of thiophene rings is 1. The van der Waals surface area contributed by atoms with Crippen LogP contribution in [-0.4, -0.2) is 10.9 Å². The predicted molar refractivity (Wildman–Crippen MR) is 72.3 cm³/mol. The molecular formula is C12H14N4OS. The zero-order valence-electron chi connectivity index (χ0n) is 9.93. The molecule has 2 rings (SSSR count). The molecule has 0 aliphatic carbocycles. The minimum Gasteiger partial charge on any atom is -0.347 e. The first kappa shape index (κ1) is 12.5. The van der Waals surface area contributed by atoms with Gasteiger partial charge in [-0.3, -0.25) is 4.79 Å². The van der Waals surface area contributed by atoms with Gasteiger partial charge in [0.15, 0.2) is 0 Å². The number of anilines is 1. The van der Waals surface area contributed by atoms with Gasteiger partial charge in [0.2, 0.25) is 0 Å². The Labute approximate surface area is 109 Å². The second-order valence-electron chi connectivity index (χ2n) is 3.78. The number of nitrogens with one attached hydrogen (secondary N) is 2. The molecule has 0 spiro atoms. The molecule has 18 heavy (non-hydrogen) atoms. The molecule has 6 heteroatoms. The number of nitrogens with zero attached hydrogens (tertiary/aromatic N) is 1. The van der Waals surface area contributed by atoms with Crippen LogP contribution < -0.4 is 16.6 Å². The number of carbonyl (C=O) groups excluding carboxylic acids is 1. The summed E-state index contributed by atoms with van der Waals surface area (Å²) >= 11 is 1.63. The fourth-order valence-electron chi connectivity index (χ4n) is 1.50. The van der Waals surface area contributed by atoms with Crippen LogP contribution in [0.2, 0.25) is 0 Å². The zero-order valence-corrected chi connectivity index (χ0v) is 10.8. The van der Waals surface area contributed by atoms with Crippen LogP contribution >= 0.6 is 11.3 Å². The lowest BCUT2D eigenvalue weighted by atomic mass is 10.2. The molecule has 2 aromatic heterocycles. The molecule has 1 amide bonds. The van der Waals surface area contributed by atoms with Crippen molar-refractivity contribution >= 4 is 23.1 Å². The summed E-state index contributed by atoms with van der Waals surface area (Å²) in [6, 6.07) is 5.29.